The minimum atomic E-state index is -0.784. The van der Waals surface area contributed by atoms with E-state index in [1.165, 1.54) is 25.7 Å². The van der Waals surface area contributed by atoms with Crippen LogP contribution in [0.4, 0.5) is 0 Å². The fourth-order valence-corrected chi connectivity index (χ4v) is 7.36. The summed E-state index contributed by atoms with van der Waals surface area (Å²) in [5.74, 6) is 3.03. The molecule has 1 atom stereocenters. The lowest BCUT2D eigenvalue weighted by molar-refractivity contribution is -0.140. The highest BCUT2D eigenvalue weighted by molar-refractivity contribution is 7.49. The predicted molar refractivity (Wildman–Crippen MR) is 161 cm³/mol. The van der Waals surface area contributed by atoms with Crippen molar-refractivity contribution in [2.24, 2.45) is 23.7 Å². The molecule has 2 fully saturated rings. The second-order valence-electron chi connectivity index (χ2n) is 13.2. The van der Waals surface area contributed by atoms with E-state index in [1.54, 1.807) is 12.1 Å². The van der Waals surface area contributed by atoms with Crippen molar-refractivity contribution in [3.05, 3.63) is 59.7 Å². The first kappa shape index (κ1) is 29.9. The average molecular weight is 551 g/mol. The van der Waals surface area contributed by atoms with E-state index in [9.17, 15) is 14.7 Å². The molecule has 5 heteroatoms. The summed E-state index contributed by atoms with van der Waals surface area (Å²) in [7, 11) is 0.439. The van der Waals surface area contributed by atoms with Crippen LogP contribution < -0.4 is 10.0 Å². The van der Waals surface area contributed by atoms with Crippen LogP contribution in [0, 0.1) is 23.7 Å². The van der Waals surface area contributed by atoms with Gasteiger partial charge in [-0.3, -0.25) is 9.59 Å². The zero-order chi connectivity index (χ0) is 28.2. The number of carbonyl (C=O) groups is 2. The van der Waals surface area contributed by atoms with Crippen LogP contribution in [0.1, 0.15) is 102 Å². The van der Waals surface area contributed by atoms with Crippen LogP contribution in [0.5, 0.6) is 5.75 Å². The van der Waals surface area contributed by atoms with E-state index in [0.29, 0.717) is 26.3 Å². The number of Topliss-reactive ketones (excluding diaryl/α,β-unsaturated/α-hetero) is 1. The standard InChI is InChI=1S/C34H47O4P/c1-23-6-10-25(11-7-23)26-12-14-28(15-13-26)32(36)38-29-18-8-24(9-19-29)22-31(35)27-16-20-30(21-17-27)39-34(4,5)33(2,3)37/h8-9,16-21,23,25-26,28,37,39H,6-7,10-15,22H2,1-5H3. The van der Waals surface area contributed by atoms with Crippen LogP contribution in [-0.2, 0) is 11.2 Å². The number of rotatable bonds is 9. The first-order valence-corrected chi connectivity index (χ1v) is 15.9. The second-order valence-corrected chi connectivity index (χ2v) is 15.3. The van der Waals surface area contributed by atoms with Gasteiger partial charge in [-0.2, -0.15) is 0 Å². The Morgan fingerprint density at radius 3 is 1.90 bits per heavy atom. The Hall–Kier alpha value is -2.03. The quantitative estimate of drug-likeness (QED) is 0.152. The highest BCUT2D eigenvalue weighted by atomic mass is 31.1. The summed E-state index contributed by atoms with van der Waals surface area (Å²) >= 11 is 0. The molecule has 2 saturated carbocycles. The number of carbonyl (C=O) groups excluding carboxylic acids is 2. The van der Waals surface area contributed by atoms with Crippen molar-refractivity contribution < 1.29 is 19.4 Å². The topological polar surface area (TPSA) is 63.6 Å². The molecule has 0 saturated heterocycles. The predicted octanol–water partition coefficient (Wildman–Crippen LogP) is 7.50. The van der Waals surface area contributed by atoms with Gasteiger partial charge in [-0.05, 0) is 93.1 Å². The molecule has 39 heavy (non-hydrogen) atoms. The second kappa shape index (κ2) is 12.6. The van der Waals surface area contributed by atoms with Gasteiger partial charge in [-0.1, -0.05) is 78.6 Å². The third kappa shape index (κ3) is 8.01. The zero-order valence-corrected chi connectivity index (χ0v) is 25.5. The molecule has 0 radical (unpaired) electrons. The number of aliphatic hydroxyl groups is 1. The molecule has 2 aliphatic carbocycles. The van der Waals surface area contributed by atoms with E-state index in [4.69, 9.17) is 4.74 Å². The molecule has 4 rings (SSSR count). The van der Waals surface area contributed by atoms with E-state index in [0.717, 1.165) is 54.3 Å². The van der Waals surface area contributed by atoms with Crippen LogP contribution in [0.15, 0.2) is 48.5 Å². The van der Waals surface area contributed by atoms with E-state index in [-0.39, 0.29) is 22.8 Å². The van der Waals surface area contributed by atoms with Gasteiger partial charge in [0.2, 0.25) is 0 Å². The number of ether oxygens (including phenoxy) is 1. The molecule has 2 aromatic rings. The highest BCUT2D eigenvalue weighted by Crippen LogP contribution is 2.42. The molecule has 0 amide bonds. The largest absolute Gasteiger partial charge is 0.426 e. The molecular weight excluding hydrogens is 503 g/mol. The van der Waals surface area contributed by atoms with E-state index >= 15 is 0 Å². The van der Waals surface area contributed by atoms with Gasteiger partial charge in [0.1, 0.15) is 5.75 Å². The lowest BCUT2D eigenvalue weighted by Crippen LogP contribution is -2.42. The Morgan fingerprint density at radius 1 is 0.821 bits per heavy atom. The molecule has 4 nitrogen and oxygen atoms in total. The fraction of sp³-hybridized carbons (Fsp3) is 0.588. The Morgan fingerprint density at radius 2 is 1.36 bits per heavy atom. The normalized spacial score (nSPS) is 24.6. The average Bonchev–Trinajstić information content (AvgIpc) is 2.90. The van der Waals surface area contributed by atoms with Crippen molar-refractivity contribution in [3.8, 4) is 5.75 Å². The molecule has 0 spiro atoms. The van der Waals surface area contributed by atoms with Gasteiger partial charge >= 0.3 is 5.97 Å². The molecule has 2 aliphatic rings. The maximum Gasteiger partial charge on any atom is 0.314 e. The summed E-state index contributed by atoms with van der Waals surface area (Å²) in [4.78, 5) is 25.7. The maximum absolute atomic E-state index is 12.9. The highest BCUT2D eigenvalue weighted by Gasteiger charge is 2.35. The monoisotopic (exact) mass is 550 g/mol. The molecule has 2 aromatic carbocycles. The van der Waals surface area contributed by atoms with Gasteiger partial charge < -0.3 is 9.84 Å². The molecule has 0 heterocycles. The summed E-state index contributed by atoms with van der Waals surface area (Å²) in [6.45, 7) is 10.2. The van der Waals surface area contributed by atoms with E-state index in [2.05, 4.69) is 20.8 Å². The van der Waals surface area contributed by atoms with Crippen LogP contribution in [-0.4, -0.2) is 27.6 Å². The molecule has 0 aliphatic heterocycles. The molecule has 1 N–H and O–H groups in total. The van der Waals surface area contributed by atoms with Gasteiger partial charge in [0.15, 0.2) is 5.78 Å². The first-order chi connectivity index (χ1) is 18.4. The lowest BCUT2D eigenvalue weighted by Gasteiger charge is -2.37. The van der Waals surface area contributed by atoms with Crippen LogP contribution in [0.2, 0.25) is 0 Å². The van der Waals surface area contributed by atoms with Crippen molar-refractivity contribution in [1.82, 2.24) is 0 Å². The minimum absolute atomic E-state index is 0.00243. The molecule has 1 unspecified atom stereocenters. The minimum Gasteiger partial charge on any atom is -0.426 e. The van der Waals surface area contributed by atoms with Crippen molar-refractivity contribution in [1.29, 1.82) is 0 Å². The molecule has 212 valence electrons. The Labute approximate surface area is 237 Å². The molecular formula is C34H47O4P. The van der Waals surface area contributed by atoms with Crippen molar-refractivity contribution >= 4 is 25.6 Å². The number of hydrogen-bond acceptors (Lipinski definition) is 4. The van der Waals surface area contributed by atoms with Gasteiger partial charge in [0.25, 0.3) is 0 Å². The van der Waals surface area contributed by atoms with Crippen LogP contribution in [0.3, 0.4) is 0 Å². The number of hydrogen-bond donors (Lipinski definition) is 1. The smallest absolute Gasteiger partial charge is 0.314 e. The van der Waals surface area contributed by atoms with Gasteiger partial charge in [-0.15, -0.1) is 0 Å². The van der Waals surface area contributed by atoms with Gasteiger partial charge in [-0.25, -0.2) is 0 Å². The van der Waals surface area contributed by atoms with Crippen LogP contribution in [0.25, 0.3) is 0 Å². The van der Waals surface area contributed by atoms with E-state index in [1.807, 2.05) is 50.2 Å². The number of esters is 1. The third-order valence-corrected chi connectivity index (χ3v) is 11.4. The number of ketones is 1. The summed E-state index contributed by atoms with van der Waals surface area (Å²) in [5.41, 5.74) is 0.794. The first-order valence-electron chi connectivity index (χ1n) is 14.9. The van der Waals surface area contributed by atoms with Crippen molar-refractivity contribution in [3.63, 3.8) is 0 Å². The van der Waals surface area contributed by atoms with Gasteiger partial charge in [0.05, 0.1) is 11.5 Å². The fourth-order valence-electron chi connectivity index (χ4n) is 6.00. The third-order valence-electron chi connectivity index (χ3n) is 9.53. The Bertz CT molecular complexity index is 1100. The summed E-state index contributed by atoms with van der Waals surface area (Å²) in [5, 5.41) is 11.3. The van der Waals surface area contributed by atoms with Crippen LogP contribution >= 0.6 is 8.58 Å². The Kier molecular flexibility index (Phi) is 9.71. The molecule has 0 aromatic heterocycles. The zero-order valence-electron chi connectivity index (χ0n) is 24.5. The summed E-state index contributed by atoms with van der Waals surface area (Å²) in [6, 6.07) is 15.1. The maximum atomic E-state index is 12.9. The number of benzene rings is 2. The van der Waals surface area contributed by atoms with Crippen molar-refractivity contribution in [2.45, 2.75) is 103 Å². The van der Waals surface area contributed by atoms with Gasteiger partial charge in [0, 0.05) is 17.1 Å². The molecule has 0 bridgehead atoms. The lowest BCUT2D eigenvalue weighted by atomic mass is 9.69. The van der Waals surface area contributed by atoms with E-state index < -0.39 is 5.60 Å². The van der Waals surface area contributed by atoms with Crippen molar-refractivity contribution in [2.75, 3.05) is 0 Å². The summed E-state index contributed by atoms with van der Waals surface area (Å²) < 4.78 is 5.73. The summed E-state index contributed by atoms with van der Waals surface area (Å²) in [6.07, 6.45) is 9.94. The Balaban J connectivity index is 1.24. The SMILES string of the molecule is CC1CCC(C2CCC(C(=O)Oc3ccc(CC(=O)c4ccc(PC(C)(C)C(C)(C)O)cc4)cc3)CC2)CC1.